The lowest BCUT2D eigenvalue weighted by Crippen LogP contribution is -2.19. The van der Waals surface area contributed by atoms with E-state index in [0.717, 1.165) is 22.9 Å². The molecule has 3 aromatic rings. The molecule has 0 aliphatic rings. The van der Waals surface area contributed by atoms with Crippen LogP contribution < -0.4 is 0 Å². The van der Waals surface area contributed by atoms with Gasteiger partial charge in [0.2, 0.25) is 0 Å². The second-order valence-corrected chi connectivity index (χ2v) is 7.00. The van der Waals surface area contributed by atoms with Crippen molar-refractivity contribution in [2.45, 2.75) is 12.5 Å². The van der Waals surface area contributed by atoms with Crippen molar-refractivity contribution in [3.8, 4) is 0 Å². The molecule has 0 amide bonds. The average Bonchev–Trinajstić information content (AvgIpc) is 2.65. The number of nitrogens with zero attached hydrogens (tertiary/aromatic N) is 1. The van der Waals surface area contributed by atoms with Crippen molar-refractivity contribution in [3.05, 3.63) is 82.9 Å². The number of benzene rings is 3. The summed E-state index contributed by atoms with van der Waals surface area (Å²) in [6, 6.07) is 21.0. The topological polar surface area (TPSA) is 29.5 Å². The van der Waals surface area contributed by atoms with E-state index in [1.165, 1.54) is 0 Å². The van der Waals surface area contributed by atoms with Gasteiger partial charge in [0, 0.05) is 18.0 Å². The number of esters is 1. The molecule has 3 nitrogen and oxygen atoms in total. The van der Waals surface area contributed by atoms with E-state index in [0.29, 0.717) is 17.0 Å². The van der Waals surface area contributed by atoms with Gasteiger partial charge in [-0.25, -0.2) is 4.79 Å². The molecule has 3 aromatic carbocycles. The van der Waals surface area contributed by atoms with E-state index in [4.69, 9.17) is 16.3 Å². The predicted octanol–water partition coefficient (Wildman–Crippen LogP) is 5.76. The van der Waals surface area contributed by atoms with Crippen LogP contribution in [0.5, 0.6) is 0 Å². The van der Waals surface area contributed by atoms with Crippen LogP contribution in [0.25, 0.3) is 10.8 Å². The fourth-order valence-corrected chi connectivity index (χ4v) is 3.07. The second kappa shape index (κ2) is 9.75. The van der Waals surface area contributed by atoms with Crippen LogP contribution in [-0.4, -0.2) is 31.5 Å². The number of rotatable bonds is 6. The Labute approximate surface area is 171 Å². The van der Waals surface area contributed by atoms with Gasteiger partial charge in [0.25, 0.3) is 0 Å². The average molecular weight is 404 g/mol. The zero-order chi connectivity index (χ0) is 18.5. The minimum Gasteiger partial charge on any atom is -0.454 e. The summed E-state index contributed by atoms with van der Waals surface area (Å²) in [4.78, 5) is 15.0. The van der Waals surface area contributed by atoms with Gasteiger partial charge >= 0.3 is 5.97 Å². The molecule has 0 bridgehead atoms. The van der Waals surface area contributed by atoms with Crippen molar-refractivity contribution in [3.63, 3.8) is 0 Å². The quantitative estimate of drug-likeness (QED) is 0.489. The first kappa shape index (κ1) is 21.2. The van der Waals surface area contributed by atoms with Crippen LogP contribution in [0.2, 0.25) is 5.02 Å². The lowest BCUT2D eigenvalue weighted by atomic mass is 10.0. The molecular formula is C22H23Cl2NO2. The first-order valence-electron chi connectivity index (χ1n) is 8.63. The molecule has 1 atom stereocenters. The van der Waals surface area contributed by atoms with E-state index in [1.54, 1.807) is 0 Å². The van der Waals surface area contributed by atoms with Gasteiger partial charge in [-0.05, 0) is 48.6 Å². The van der Waals surface area contributed by atoms with E-state index < -0.39 is 0 Å². The highest BCUT2D eigenvalue weighted by atomic mass is 35.5. The van der Waals surface area contributed by atoms with Crippen LogP contribution in [0.1, 0.15) is 28.4 Å². The minimum atomic E-state index is -0.318. The molecular weight excluding hydrogens is 381 g/mol. The zero-order valence-electron chi connectivity index (χ0n) is 15.4. The molecule has 3 rings (SSSR count). The molecule has 0 heterocycles. The molecule has 0 fully saturated rings. The number of halogens is 2. The third kappa shape index (κ3) is 5.46. The van der Waals surface area contributed by atoms with Gasteiger partial charge in [0.1, 0.15) is 6.10 Å². The van der Waals surface area contributed by atoms with E-state index >= 15 is 0 Å². The summed E-state index contributed by atoms with van der Waals surface area (Å²) in [5, 5.41) is 2.60. The number of hydrogen-bond donors (Lipinski definition) is 0. The highest BCUT2D eigenvalue weighted by molar-refractivity contribution is 6.30. The van der Waals surface area contributed by atoms with Crippen LogP contribution in [0.15, 0.2) is 66.7 Å². The maximum absolute atomic E-state index is 12.9. The van der Waals surface area contributed by atoms with Gasteiger partial charge in [-0.2, -0.15) is 0 Å². The number of carbonyl (C=O) groups is 1. The Morgan fingerprint density at radius 3 is 2.37 bits per heavy atom. The monoisotopic (exact) mass is 403 g/mol. The summed E-state index contributed by atoms with van der Waals surface area (Å²) in [5.41, 5.74) is 1.54. The molecule has 142 valence electrons. The largest absolute Gasteiger partial charge is 0.454 e. The Morgan fingerprint density at radius 1 is 1.00 bits per heavy atom. The van der Waals surface area contributed by atoms with E-state index in [-0.39, 0.29) is 24.5 Å². The van der Waals surface area contributed by atoms with Crippen LogP contribution in [0.3, 0.4) is 0 Å². The van der Waals surface area contributed by atoms with E-state index in [1.807, 2.05) is 80.8 Å². The van der Waals surface area contributed by atoms with Crippen molar-refractivity contribution in [2.24, 2.45) is 0 Å². The molecule has 0 spiro atoms. The van der Waals surface area contributed by atoms with Gasteiger partial charge < -0.3 is 9.64 Å². The van der Waals surface area contributed by atoms with Gasteiger partial charge in [0.15, 0.2) is 0 Å². The first-order valence-corrected chi connectivity index (χ1v) is 9.01. The molecule has 0 aromatic heterocycles. The highest BCUT2D eigenvalue weighted by Crippen LogP contribution is 2.26. The third-order valence-electron chi connectivity index (χ3n) is 4.34. The smallest absolute Gasteiger partial charge is 0.339 e. The second-order valence-electron chi connectivity index (χ2n) is 6.56. The highest BCUT2D eigenvalue weighted by Gasteiger charge is 2.19. The number of hydrogen-bond acceptors (Lipinski definition) is 3. The van der Waals surface area contributed by atoms with Crippen molar-refractivity contribution < 1.29 is 9.53 Å². The lowest BCUT2D eigenvalue weighted by molar-refractivity contribution is 0.0263. The maximum atomic E-state index is 12.9. The number of ether oxygens (including phenoxy) is 1. The summed E-state index contributed by atoms with van der Waals surface area (Å²) in [7, 11) is 4.01. The Morgan fingerprint density at radius 2 is 1.67 bits per heavy atom. The van der Waals surface area contributed by atoms with E-state index in [9.17, 15) is 4.79 Å². The van der Waals surface area contributed by atoms with Crippen LogP contribution in [0.4, 0.5) is 0 Å². The first-order chi connectivity index (χ1) is 12.5. The summed E-state index contributed by atoms with van der Waals surface area (Å²) < 4.78 is 5.91. The number of fused-ring (bicyclic) bond motifs is 1. The van der Waals surface area contributed by atoms with Gasteiger partial charge in [0.05, 0.1) is 5.56 Å². The maximum Gasteiger partial charge on any atom is 0.339 e. The number of carbonyl (C=O) groups excluding carboxylic acids is 1. The van der Waals surface area contributed by atoms with Crippen molar-refractivity contribution >= 4 is 40.7 Å². The molecule has 0 aliphatic heterocycles. The third-order valence-corrected chi connectivity index (χ3v) is 4.59. The predicted molar refractivity (Wildman–Crippen MR) is 114 cm³/mol. The Hall–Kier alpha value is -2.07. The van der Waals surface area contributed by atoms with Crippen LogP contribution >= 0.6 is 24.0 Å². The zero-order valence-corrected chi connectivity index (χ0v) is 17.0. The van der Waals surface area contributed by atoms with Crippen molar-refractivity contribution in [1.82, 2.24) is 4.90 Å². The Balaban J connectivity index is 0.00000261. The van der Waals surface area contributed by atoms with Crippen LogP contribution in [-0.2, 0) is 4.74 Å². The summed E-state index contributed by atoms with van der Waals surface area (Å²) in [5.74, 6) is -0.305. The van der Waals surface area contributed by atoms with Gasteiger partial charge in [-0.3, -0.25) is 0 Å². The molecule has 5 heteroatoms. The minimum absolute atomic E-state index is 0. The SMILES string of the molecule is CN(C)CCC(OC(=O)c1cccc2ccccc12)c1ccc(Cl)cc1.Cl. The standard InChI is InChI=1S/C22H22ClNO2.ClH/c1-24(2)15-14-21(17-10-12-18(23)13-11-17)26-22(25)20-9-5-7-16-6-3-4-8-19(16)20;/h3-13,21H,14-15H2,1-2H3;1H. The molecule has 0 N–H and O–H groups in total. The summed E-state index contributed by atoms with van der Waals surface area (Å²) >= 11 is 5.99. The molecule has 0 saturated carbocycles. The Bertz CT molecular complexity index is 889. The fourth-order valence-electron chi connectivity index (χ4n) is 2.94. The Kier molecular flexibility index (Phi) is 7.66. The van der Waals surface area contributed by atoms with Gasteiger partial charge in [-0.15, -0.1) is 12.4 Å². The van der Waals surface area contributed by atoms with Crippen molar-refractivity contribution in [2.75, 3.05) is 20.6 Å². The summed E-state index contributed by atoms with van der Waals surface area (Å²) in [6.07, 6.45) is 0.395. The lowest BCUT2D eigenvalue weighted by Gasteiger charge is -2.21. The van der Waals surface area contributed by atoms with Gasteiger partial charge in [-0.1, -0.05) is 60.1 Å². The molecule has 0 aliphatic carbocycles. The fraction of sp³-hybridized carbons (Fsp3) is 0.227. The van der Waals surface area contributed by atoms with Crippen LogP contribution in [0, 0.1) is 0 Å². The molecule has 1 unspecified atom stereocenters. The molecule has 27 heavy (non-hydrogen) atoms. The molecule has 0 radical (unpaired) electrons. The molecule has 0 saturated heterocycles. The van der Waals surface area contributed by atoms with E-state index in [2.05, 4.69) is 4.90 Å². The van der Waals surface area contributed by atoms with Crippen molar-refractivity contribution in [1.29, 1.82) is 0 Å². The normalized spacial score (nSPS) is 11.9. The summed E-state index contributed by atoms with van der Waals surface area (Å²) in [6.45, 7) is 0.816.